The number of aliphatic hydroxyl groups excluding tert-OH is 15. The Hall–Kier alpha value is -6.43. The molecule has 1 fully saturated rings. The van der Waals surface area contributed by atoms with Crippen LogP contribution in [0.15, 0.2) is 42.5 Å². The summed E-state index contributed by atoms with van der Waals surface area (Å²) in [5.74, 6) is -5.67. The molecular weight excluding hydrogens is 1380 g/mol. The van der Waals surface area contributed by atoms with E-state index >= 15 is 0 Å². The summed E-state index contributed by atoms with van der Waals surface area (Å²) in [5.41, 5.74) is 3.45. The van der Waals surface area contributed by atoms with Crippen LogP contribution in [0.3, 0.4) is 0 Å². The van der Waals surface area contributed by atoms with Gasteiger partial charge in [0.25, 0.3) is 0 Å². The van der Waals surface area contributed by atoms with Gasteiger partial charge in [0.1, 0.15) is 73.6 Å². The third kappa shape index (κ3) is 30.4. The number of unbranched alkanes of at least 4 members (excludes halogenated alkanes) is 3. The second kappa shape index (κ2) is 45.3. The molecule has 2 aliphatic rings. The van der Waals surface area contributed by atoms with Gasteiger partial charge in [0.2, 0.25) is 11.8 Å². The summed E-state index contributed by atoms with van der Waals surface area (Å²) in [6.07, 6.45) is -22.5. The fraction of sp³-hybridized carbons (Fsp3) is 0.708. The number of imidazole rings is 1. The first-order chi connectivity index (χ1) is 49.3. The van der Waals surface area contributed by atoms with Gasteiger partial charge >= 0.3 is 23.9 Å². The maximum absolute atomic E-state index is 14.3. The number of H-pyrrole nitrogens is 1. The Morgan fingerprint density at radius 3 is 1.68 bits per heavy atom. The second-order valence-corrected chi connectivity index (χ2v) is 26.6. The van der Waals surface area contributed by atoms with Crippen molar-refractivity contribution in [3.8, 4) is 0 Å². The van der Waals surface area contributed by atoms with E-state index in [-0.39, 0.29) is 84.8 Å². The van der Waals surface area contributed by atoms with Crippen LogP contribution in [0.1, 0.15) is 81.0 Å². The first-order valence-corrected chi connectivity index (χ1v) is 34.8. The van der Waals surface area contributed by atoms with Crippen LogP contribution in [0, 0.1) is 0 Å². The van der Waals surface area contributed by atoms with Crippen molar-refractivity contribution in [1.29, 1.82) is 0 Å². The molecule has 39 heteroatoms. The lowest BCUT2D eigenvalue weighted by atomic mass is 10.0. The van der Waals surface area contributed by atoms with E-state index in [0.29, 0.717) is 54.9 Å². The summed E-state index contributed by atoms with van der Waals surface area (Å²) in [4.78, 5) is 93.0. The zero-order valence-corrected chi connectivity index (χ0v) is 58.4. The molecule has 0 bridgehead atoms. The molecule has 0 saturated carbocycles. The first kappa shape index (κ1) is 88.2. The number of hydrogen-bond acceptors (Lipinski definition) is 32. The van der Waals surface area contributed by atoms with Gasteiger partial charge in [-0.15, -0.1) is 0 Å². The number of benzene rings is 2. The van der Waals surface area contributed by atoms with Gasteiger partial charge in [-0.25, -0.2) is 4.98 Å². The molecule has 0 spiro atoms. The van der Waals surface area contributed by atoms with Gasteiger partial charge in [0.15, 0.2) is 0 Å². The highest BCUT2D eigenvalue weighted by atomic mass is 16.4. The third-order valence-corrected chi connectivity index (χ3v) is 18.3. The number of aliphatic carboxylic acids is 4. The number of carboxylic acid groups (broad SMARTS) is 4. The van der Waals surface area contributed by atoms with Crippen LogP contribution in [0.5, 0.6) is 0 Å². The molecule has 3 heterocycles. The van der Waals surface area contributed by atoms with Crippen LogP contribution in [0.2, 0.25) is 0 Å². The summed E-state index contributed by atoms with van der Waals surface area (Å²) >= 11 is 0. The largest absolute Gasteiger partial charge is 0.481 e. The van der Waals surface area contributed by atoms with Crippen LogP contribution >= 0.6 is 0 Å². The molecule has 1 aromatic heterocycles. The molecule has 590 valence electrons. The number of hydrogen-bond donors (Lipinski definition) is 26. The third-order valence-electron chi connectivity index (χ3n) is 18.3. The lowest BCUT2D eigenvalue weighted by molar-refractivity contribution is -0.140. The predicted octanol–water partition coefficient (Wildman–Crippen LogP) is -8.76. The van der Waals surface area contributed by atoms with Crippen molar-refractivity contribution < 1.29 is 126 Å². The monoisotopic (exact) mass is 1490 g/mol. The molecule has 2 amide bonds. The normalized spacial score (nSPS) is 20.7. The van der Waals surface area contributed by atoms with Gasteiger partial charge in [-0.1, -0.05) is 31.0 Å². The summed E-state index contributed by atoms with van der Waals surface area (Å²) in [6, 6.07) is 9.16. The highest BCUT2D eigenvalue weighted by Crippen LogP contribution is 2.31. The molecule has 0 radical (unpaired) electrons. The van der Waals surface area contributed by atoms with Crippen molar-refractivity contribution in [3.05, 3.63) is 59.4 Å². The van der Waals surface area contributed by atoms with Crippen LogP contribution < -0.4 is 31.9 Å². The maximum Gasteiger partial charge on any atom is 0.317 e. The van der Waals surface area contributed by atoms with Crippen LogP contribution in [-0.2, 0) is 41.9 Å². The Balaban J connectivity index is 1.32. The molecule has 26 N–H and O–H groups in total. The molecule has 16 atom stereocenters. The quantitative estimate of drug-likeness (QED) is 0.0184. The van der Waals surface area contributed by atoms with Gasteiger partial charge < -0.3 is 118 Å². The highest BCUT2D eigenvalue weighted by Gasteiger charge is 2.36. The lowest BCUT2D eigenvalue weighted by Gasteiger charge is -2.34. The van der Waals surface area contributed by atoms with E-state index in [1.807, 2.05) is 24.3 Å². The standard InChI is InChI=1S/C65H110N14O25/c1-74(31-50-70-41-8-4-5-9-42(41)71-50)64(103)38-10-11-40-39(26-38)30-79(65(104)45(69-40)27-54(89)90)17-7-3-2-6-16-66-62(101)43(12-14-51(86)67-28-46(82)58(97)60(99)48(84)36-80)73-63(102)44(13-15-52(87)68-29-47(83)59(98)61(100)49(85)37-81)72-53(88)32-75-18-20-76(33-55(91)92)22-24-78(35-57(95)96)25-23-77(21-19-75)34-56(93)94/h4-5,8-11,26,43-49,51,58-67,69,73,80-86,97-104H,2-3,6-7,12-25,27-37H2,1H3,(H,68,87)(H,70,71)(H,72,88)(H,89,90)(H,91,92)(H,93,94)(H,95,96)/t43-,44-,45?,46+,47-,48+,49+,51+,58-,59+,60-,61+,62+,63+,64+,65+/m0/s1. The minimum absolute atomic E-state index is 0.00638. The van der Waals surface area contributed by atoms with E-state index in [2.05, 4.69) is 41.9 Å². The zero-order chi connectivity index (χ0) is 76.7. The number of aromatic nitrogens is 2. The average molecular weight is 1490 g/mol. The Bertz CT molecular complexity index is 3020. The van der Waals surface area contributed by atoms with Gasteiger partial charge in [-0.05, 0) is 81.1 Å². The van der Waals surface area contributed by atoms with E-state index in [1.165, 1.54) is 9.80 Å². The molecule has 39 nitrogen and oxygen atoms in total. The fourth-order valence-corrected chi connectivity index (χ4v) is 12.2. The van der Waals surface area contributed by atoms with Gasteiger partial charge in [-0.3, -0.25) is 74.1 Å². The summed E-state index contributed by atoms with van der Waals surface area (Å²) in [6.45, 7) is -3.70. The van der Waals surface area contributed by atoms with Crippen molar-refractivity contribution in [2.24, 2.45) is 0 Å². The second-order valence-electron chi connectivity index (χ2n) is 26.6. The van der Waals surface area contributed by atoms with Crippen LogP contribution in [0.4, 0.5) is 5.69 Å². The molecule has 3 aromatic rings. The summed E-state index contributed by atoms with van der Waals surface area (Å²) in [7, 11) is 1.74. The van der Waals surface area contributed by atoms with E-state index in [4.69, 9.17) is 0 Å². The number of fused-ring (bicyclic) bond motifs is 2. The van der Waals surface area contributed by atoms with Gasteiger partial charge in [0, 0.05) is 96.7 Å². The van der Waals surface area contributed by atoms with Crippen molar-refractivity contribution in [2.75, 3.05) is 130 Å². The number of anilines is 1. The topological polar surface area (TPSA) is 607 Å². The Labute approximate surface area is 600 Å². The summed E-state index contributed by atoms with van der Waals surface area (Å²) < 4.78 is 0. The molecular formula is C65H110N14O25. The lowest BCUT2D eigenvalue weighted by Crippen LogP contribution is -2.59. The number of aliphatic hydroxyl groups is 15. The SMILES string of the molecule is CN(Cc1nc2ccccc2[nH]1)[C@H](O)c1ccc2c(c1)CN(CCCCCCN[C@H](O)[C@H](CC[C@@H](O)NC[C@@H](O)[C@H](O)[C@@H](O)[C@H](O)CO)N[C@H](O)[C@H](CCC(=O)NC[C@H](O)[C@@H](O)[C@H](O)[C@H](O)CO)NC(=O)CN1CCN(CC(=O)O)CCN(CC(=O)O)CCN(CC(=O)O)CC1)[C@H](O)C(CC(=O)O)N2. The molecule has 0 aliphatic carbocycles. The molecule has 1 saturated heterocycles. The average Bonchev–Trinajstić information content (AvgIpc) is 1.62. The minimum atomic E-state index is -2.04. The maximum atomic E-state index is 14.3. The number of nitrogens with one attached hydrogen (secondary N) is 7. The van der Waals surface area contributed by atoms with Gasteiger partial charge in [-0.2, -0.15) is 0 Å². The zero-order valence-electron chi connectivity index (χ0n) is 58.4. The number of para-hydroxylation sites is 2. The molecule has 5 rings (SSSR count). The Kier molecular flexibility index (Phi) is 38.4. The number of rotatable bonds is 46. The molecule has 104 heavy (non-hydrogen) atoms. The first-order valence-electron chi connectivity index (χ1n) is 34.8. The van der Waals surface area contributed by atoms with E-state index in [1.54, 1.807) is 44.8 Å². The Morgan fingerprint density at radius 2 is 1.13 bits per heavy atom. The fourth-order valence-electron chi connectivity index (χ4n) is 12.2. The number of carboxylic acids is 4. The van der Waals surface area contributed by atoms with E-state index in [0.717, 1.165) is 11.0 Å². The number of carbonyl (C=O) groups is 6. The minimum Gasteiger partial charge on any atom is -0.481 e. The van der Waals surface area contributed by atoms with E-state index in [9.17, 15) is 126 Å². The number of nitrogens with zero attached hydrogens (tertiary/aromatic N) is 7. The summed E-state index contributed by atoms with van der Waals surface area (Å²) in [5, 5.41) is 214. The van der Waals surface area contributed by atoms with Gasteiger partial charge in [0.05, 0.1) is 87.7 Å². The smallest absolute Gasteiger partial charge is 0.317 e. The number of carbonyl (C=O) groups excluding carboxylic acids is 2. The van der Waals surface area contributed by atoms with Crippen molar-refractivity contribution >= 4 is 52.4 Å². The van der Waals surface area contributed by atoms with Crippen LogP contribution in [-0.4, -0.2) is 389 Å². The molecule has 1 unspecified atom stereocenters. The highest BCUT2D eigenvalue weighted by molar-refractivity contribution is 5.79. The van der Waals surface area contributed by atoms with Crippen molar-refractivity contribution in [1.82, 2.24) is 66.0 Å². The van der Waals surface area contributed by atoms with Crippen LogP contribution in [0.25, 0.3) is 11.0 Å². The molecule has 2 aromatic carbocycles. The van der Waals surface area contributed by atoms with Crippen molar-refractivity contribution in [3.63, 3.8) is 0 Å². The predicted molar refractivity (Wildman–Crippen MR) is 369 cm³/mol. The Morgan fingerprint density at radius 1 is 0.596 bits per heavy atom. The van der Waals surface area contributed by atoms with Crippen molar-refractivity contribution in [2.45, 2.75) is 169 Å². The number of aromatic amines is 1. The molecule has 2 aliphatic heterocycles. The van der Waals surface area contributed by atoms with E-state index < -0.39 is 206 Å². The number of amides is 2.